The van der Waals surface area contributed by atoms with Crippen molar-refractivity contribution in [2.75, 3.05) is 83.9 Å². The summed E-state index contributed by atoms with van der Waals surface area (Å²) in [7, 11) is -21.4. The highest BCUT2D eigenvalue weighted by atomic mass is 32.2. The summed E-state index contributed by atoms with van der Waals surface area (Å²) in [5.41, 5.74) is 51.7. The molecule has 17 rings (SSSR count). The third kappa shape index (κ3) is 33.7. The van der Waals surface area contributed by atoms with Gasteiger partial charge in [-0.05, 0) is 150 Å². The van der Waals surface area contributed by atoms with Crippen LogP contribution in [0.25, 0.3) is 0 Å². The fraction of sp³-hybridized carbons (Fsp3) is 0.295. The summed E-state index contributed by atoms with van der Waals surface area (Å²) in [6.45, 7) is 8.64. The number of aromatic nitrogens is 3. The topological polar surface area (TPSA) is 704 Å². The lowest BCUT2D eigenvalue weighted by atomic mass is 10.1. The van der Waals surface area contributed by atoms with E-state index in [1.807, 2.05) is 65.5 Å². The van der Waals surface area contributed by atoms with Crippen LogP contribution in [0.3, 0.4) is 0 Å². The Morgan fingerprint density at radius 1 is 0.327 bits per heavy atom. The van der Waals surface area contributed by atoms with E-state index in [1.165, 1.54) is 18.7 Å². The number of unbranched alkanes of at least 4 members (excludes halogenated alkanes) is 1. The van der Waals surface area contributed by atoms with Crippen LogP contribution in [0.15, 0.2) is 231 Å². The third-order valence-corrected chi connectivity index (χ3v) is 29.6. The molecule has 10 aromatic rings. The van der Waals surface area contributed by atoms with Crippen LogP contribution >= 0.6 is 0 Å². The number of amides is 3. The molecule has 3 aromatic heterocycles. The van der Waals surface area contributed by atoms with Crippen LogP contribution in [-0.4, -0.2) is 216 Å². The molecule has 147 heavy (non-hydrogen) atoms. The molecule has 7 aromatic carbocycles. The predicted molar refractivity (Wildman–Crippen MR) is 559 cm³/mol. The molecule has 0 fully saturated rings. The van der Waals surface area contributed by atoms with Gasteiger partial charge in [0.05, 0.1) is 108 Å². The molecule has 0 unspecified atom stereocenters. The SMILES string of the molecule is CC(=O)CCCCOc1cccc2c1C(N)=NS(=O)(=O)C2.CC(=O)NCCNc1cccc2c1C(N)=NS(=O)(=O)C2.CC(=O)NCCOc1cccc2c1C(N)=NS(=O)(=O)C2.CN(C)C(=O)CNc1cccc2c1C(N)=NS(=O)(=O)C2.NC1=NS(=O)(=O)Cc2cccc(OCCCc3ccccn3)c21.NC1=NS(=O)(=O)Cc2cccc(OCCc3ccccn3)c21.NC1=NS(=O)(=O)Cc2cccc(OCCn3cccc3)c21. The largest absolute Gasteiger partial charge is 0.493 e. The van der Waals surface area contributed by atoms with Crippen molar-refractivity contribution < 1.29 is 102 Å². The molecule has 7 aliphatic rings. The van der Waals surface area contributed by atoms with E-state index >= 15 is 0 Å². The summed E-state index contributed by atoms with van der Waals surface area (Å²) in [6.07, 6.45) is 11.7. The molecule has 0 saturated heterocycles. The second-order valence-corrected chi connectivity index (χ2v) is 44.8. The van der Waals surface area contributed by atoms with Gasteiger partial charge in [0, 0.05) is 113 Å². The van der Waals surface area contributed by atoms with Crippen molar-refractivity contribution in [3.63, 3.8) is 0 Å². The van der Waals surface area contributed by atoms with Crippen LogP contribution in [-0.2, 0) is 149 Å². The Kier molecular flexibility index (Phi) is 38.5. The number of likely N-dealkylation sites (N-methyl/N-ethyl adjacent to an activating group) is 1. The van der Waals surface area contributed by atoms with Crippen molar-refractivity contribution in [1.82, 2.24) is 30.1 Å². The molecule has 52 heteroatoms. The number of nitrogens with two attached hydrogens (primary N) is 7. The molecule has 10 heterocycles. The number of ether oxygens (including phenoxy) is 5. The number of anilines is 2. The van der Waals surface area contributed by atoms with Crippen LogP contribution in [0, 0.1) is 0 Å². The number of nitrogens with one attached hydrogen (secondary N) is 4. The van der Waals surface area contributed by atoms with Crippen molar-refractivity contribution >= 4 is 146 Å². The van der Waals surface area contributed by atoms with Gasteiger partial charge in [-0.15, -0.1) is 30.8 Å². The quantitative estimate of drug-likeness (QED) is 0.0273. The highest BCUT2D eigenvalue weighted by Crippen LogP contribution is 2.36. The summed E-state index contributed by atoms with van der Waals surface area (Å²) in [5.74, 6) is 1.19. The maximum absolute atomic E-state index is 11.6. The summed E-state index contributed by atoms with van der Waals surface area (Å²) in [6, 6.07) is 51.8. The molecule has 0 bridgehead atoms. The van der Waals surface area contributed by atoms with Gasteiger partial charge in [-0.2, -0.15) is 0 Å². The first-order valence-corrected chi connectivity index (χ1v) is 56.5. The average Bonchev–Trinajstić information content (AvgIpc) is 1.05. The second-order valence-electron chi connectivity index (χ2n) is 33.4. The maximum atomic E-state index is 11.6. The number of Topliss-reactive ketones (excluding diaryl/α,β-unsaturated/α-hetero) is 1. The number of carbonyl (C=O) groups excluding carboxylic acids is 4. The van der Waals surface area contributed by atoms with Gasteiger partial charge in [0.15, 0.2) is 0 Å². The highest BCUT2D eigenvalue weighted by Gasteiger charge is 2.33. The number of hydrogen-bond acceptors (Lipinski definition) is 34. The number of ketones is 1. The molecule has 0 radical (unpaired) electrons. The summed E-state index contributed by atoms with van der Waals surface area (Å²) in [4.78, 5) is 53.9. The molecule has 3 amide bonds. The molecule has 0 spiro atoms. The van der Waals surface area contributed by atoms with Crippen LogP contribution in [0.1, 0.15) is 136 Å². The first kappa shape index (κ1) is 112. The standard InChI is InChI=1S/C16H17N3O3S.C15H15N3O3S.C14H15N3O3S.C14H18N2O4S.2C12H16N4O3S.C12H15N3O4S/c17-16-15-12(11-23(20,21)19-16)5-3-8-14(15)22-10-4-7-13-6-1-2-9-18-13;16-15-14-11(10-22(19,20)18-15)4-3-6-13(14)21-9-7-12-5-1-2-8-17-12;15-14-13-11(10-21(18,19)16-14)4-3-5-12(13)20-9-8-17-6-1-2-7-17;1-10(17)5-2-3-8-20-12-7-4-6-11-9-21(18,19)16-14(15)13(11)12;1-16(2)10(17)6-14-9-5-3-4-8-7-20(18,19)15-12(13)11(8)9;1-8(17)14-5-6-15-10-4-2-3-9-7-20(18,19)16-12(13)11(9)10;1-8(16)14-5-6-19-10-4-2-3-9-7-20(17,18)15-12(13)11(9)10/h1-3,5-6,8-9H,4,7,10-11H2,(H2,17,19);1-6,8H,7,9-10H2,(H2,16,18);1-7H,8-10H2,(H2,15,16);4,6-7H,2-3,5,8-9H2,1H3,(H2,15,16);3-5,14H,6-7H2,1-2H3,(H2,13,15);2-4,15H,5-7H2,1H3,(H2,13,16)(H,14,17);2-4H,5-7H2,1H3,(H2,13,15)(H,14,16). The number of nitrogens with zero attached hydrogens (tertiary/aromatic N) is 11. The Bertz CT molecular complexity index is 7510. The zero-order valence-corrected chi connectivity index (χ0v) is 86.2. The maximum Gasteiger partial charge on any atom is 0.259 e. The molecule has 0 atom stereocenters. The van der Waals surface area contributed by atoms with Gasteiger partial charge in [-0.25, -0.2) is 58.9 Å². The fourth-order valence-electron chi connectivity index (χ4n) is 15.2. The number of amidine groups is 7. The van der Waals surface area contributed by atoms with E-state index in [2.05, 4.69) is 62.0 Å². The van der Waals surface area contributed by atoms with E-state index in [0.29, 0.717) is 183 Å². The molecular formula is C95H112N22O23S7. The van der Waals surface area contributed by atoms with Crippen molar-refractivity contribution in [3.05, 3.63) is 290 Å². The van der Waals surface area contributed by atoms with Gasteiger partial charge >= 0.3 is 0 Å². The fourth-order valence-corrected chi connectivity index (χ4v) is 22.9. The number of carbonyl (C=O) groups is 4. The van der Waals surface area contributed by atoms with Crippen molar-refractivity contribution in [2.45, 2.75) is 106 Å². The normalized spacial score (nSPS) is 15.9. The van der Waals surface area contributed by atoms with Crippen LogP contribution < -0.4 is 85.1 Å². The number of hydrogen-bond donors (Lipinski definition) is 11. The minimum absolute atomic E-state index is 0.00567. The van der Waals surface area contributed by atoms with E-state index in [-0.39, 0.29) is 118 Å². The minimum Gasteiger partial charge on any atom is -0.493 e. The molecule has 45 nitrogen and oxygen atoms in total. The van der Waals surface area contributed by atoms with Crippen molar-refractivity contribution in [2.24, 2.45) is 70.9 Å². The van der Waals surface area contributed by atoms with E-state index in [4.69, 9.17) is 63.8 Å². The number of benzene rings is 7. The minimum atomic E-state index is -3.55. The number of fused-ring (bicyclic) bond motifs is 7. The smallest absolute Gasteiger partial charge is 0.259 e. The average molecular weight is 2150 g/mol. The first-order valence-electron chi connectivity index (χ1n) is 45.3. The third-order valence-electron chi connectivity index (χ3n) is 21.5. The van der Waals surface area contributed by atoms with Gasteiger partial charge < -0.3 is 99.3 Å². The lowest BCUT2D eigenvalue weighted by Gasteiger charge is -2.19. The zero-order chi connectivity index (χ0) is 107. The number of sulfonamides is 7. The van der Waals surface area contributed by atoms with E-state index in [0.717, 1.165) is 37.1 Å². The Morgan fingerprint density at radius 3 is 0.973 bits per heavy atom. The summed E-state index contributed by atoms with van der Waals surface area (Å²) in [5, 5.41) is 11.3. The van der Waals surface area contributed by atoms with Crippen molar-refractivity contribution in [3.8, 4) is 28.7 Å². The molecule has 0 aliphatic carbocycles. The lowest BCUT2D eigenvalue weighted by Crippen LogP contribution is -2.30. The molecule has 782 valence electrons. The Hall–Kier alpha value is -15.3. The molecular weight excluding hydrogens is 2040 g/mol. The number of rotatable bonds is 30. The van der Waals surface area contributed by atoms with Crippen LogP contribution in [0.4, 0.5) is 11.4 Å². The first-order chi connectivity index (χ1) is 69.6. The number of pyridine rings is 2. The molecule has 18 N–H and O–H groups in total. The summed E-state index contributed by atoms with van der Waals surface area (Å²) < 4.78 is 217. The highest BCUT2D eigenvalue weighted by molar-refractivity contribution is 7.91. The lowest BCUT2D eigenvalue weighted by molar-refractivity contribution is -0.127. The monoisotopic (exact) mass is 2150 g/mol. The molecule has 7 aliphatic heterocycles. The number of aryl methyl sites for hydroxylation is 1. The van der Waals surface area contributed by atoms with Gasteiger partial charge in [-0.3, -0.25) is 24.4 Å². The van der Waals surface area contributed by atoms with Crippen molar-refractivity contribution in [1.29, 1.82) is 0 Å². The second kappa shape index (κ2) is 50.5. The van der Waals surface area contributed by atoms with Gasteiger partial charge in [0.1, 0.15) is 88.6 Å². The predicted octanol–water partition coefficient (Wildman–Crippen LogP) is 4.65. The van der Waals surface area contributed by atoms with E-state index in [9.17, 15) is 78.1 Å². The Labute approximate surface area is 851 Å². The van der Waals surface area contributed by atoms with Crippen LogP contribution in [0.2, 0.25) is 0 Å². The van der Waals surface area contributed by atoms with Gasteiger partial charge in [0.25, 0.3) is 70.2 Å². The van der Waals surface area contributed by atoms with E-state index in [1.54, 1.807) is 161 Å². The van der Waals surface area contributed by atoms with Gasteiger partial charge in [-0.1, -0.05) is 97.1 Å². The van der Waals surface area contributed by atoms with E-state index < -0.39 is 70.2 Å². The Balaban J connectivity index is 0.000000163. The van der Waals surface area contributed by atoms with Crippen LogP contribution in [0.5, 0.6) is 28.7 Å². The Morgan fingerprint density at radius 2 is 0.633 bits per heavy atom. The zero-order valence-electron chi connectivity index (χ0n) is 80.5. The molecule has 0 saturated carbocycles. The van der Waals surface area contributed by atoms with Gasteiger partial charge in [0.2, 0.25) is 17.7 Å². The summed E-state index contributed by atoms with van der Waals surface area (Å²) >= 11 is 0.